The highest BCUT2D eigenvalue weighted by atomic mass is 16.2. The first-order valence-electron chi connectivity index (χ1n) is 15.9. The van der Waals surface area contributed by atoms with Gasteiger partial charge in [-0.2, -0.15) is 0 Å². The molecule has 2 amide bonds. The second-order valence-corrected chi connectivity index (χ2v) is 13.6. The molecule has 10 heteroatoms. The molecule has 0 atom stereocenters. The van der Waals surface area contributed by atoms with Crippen LogP contribution in [-0.4, -0.2) is 30.5 Å². The molecule has 2 N–H and O–H groups in total. The molecule has 4 saturated carbocycles. The Bertz CT molecular complexity index is 1760. The van der Waals surface area contributed by atoms with Crippen LogP contribution in [0.25, 0.3) is 11.4 Å². The first-order chi connectivity index (χ1) is 21.6. The van der Waals surface area contributed by atoms with Gasteiger partial charge in [-0.1, -0.05) is 36.4 Å². The number of benzene rings is 2. The predicted octanol–water partition coefficient (Wildman–Crippen LogP) is 4.69. The second kappa shape index (κ2) is 10.8. The Kier molecular flexibility index (Phi) is 6.98. The molecule has 0 aliphatic heterocycles. The molecular weight excluding hydrogens is 568 g/mol. The van der Waals surface area contributed by atoms with Crippen molar-refractivity contribution in [2.45, 2.75) is 52.4 Å². The molecule has 4 aromatic rings. The van der Waals surface area contributed by atoms with Crippen molar-refractivity contribution in [2.75, 3.05) is 10.6 Å². The molecule has 4 aliphatic rings. The highest BCUT2D eigenvalue weighted by molar-refractivity contribution is 6.11. The molecule has 8 rings (SSSR count). The minimum atomic E-state index is -0.991. The minimum absolute atomic E-state index is 0.234. The number of carbonyl (C=O) groups excluding carboxylic acids is 2. The zero-order valence-electron chi connectivity index (χ0n) is 26.2. The largest absolute Gasteiger partial charge is 0.310 e. The van der Waals surface area contributed by atoms with Gasteiger partial charge in [-0.3, -0.25) is 28.5 Å². The molecule has 2 heterocycles. The Labute approximate surface area is 261 Å². The number of hydrogen-bond donors (Lipinski definition) is 2. The molecule has 2 aromatic heterocycles. The van der Waals surface area contributed by atoms with Crippen LogP contribution in [0.3, 0.4) is 0 Å². The summed E-state index contributed by atoms with van der Waals surface area (Å²) in [6, 6.07) is 18.6. The summed E-state index contributed by atoms with van der Waals surface area (Å²) in [5, 5.41) is 6.08. The van der Waals surface area contributed by atoms with Crippen molar-refractivity contribution in [2.24, 2.45) is 43.2 Å². The Morgan fingerprint density at radius 2 is 1.02 bits per heavy atom. The summed E-state index contributed by atoms with van der Waals surface area (Å²) in [5.41, 5.74) is 1.22. The first-order valence-corrected chi connectivity index (χ1v) is 15.9. The van der Waals surface area contributed by atoms with E-state index in [9.17, 15) is 19.2 Å². The van der Waals surface area contributed by atoms with Gasteiger partial charge in [0.1, 0.15) is 17.6 Å². The lowest BCUT2D eigenvalue weighted by molar-refractivity contribution is -0.147. The number of anilines is 2. The van der Waals surface area contributed by atoms with E-state index in [-0.39, 0.29) is 11.1 Å². The van der Waals surface area contributed by atoms with Crippen molar-refractivity contribution >= 4 is 23.5 Å². The van der Waals surface area contributed by atoms with Gasteiger partial charge in [0.2, 0.25) is 11.8 Å². The van der Waals surface area contributed by atoms with E-state index in [1.165, 1.54) is 9.36 Å². The smallest absolute Gasteiger partial charge is 0.276 e. The van der Waals surface area contributed by atoms with Gasteiger partial charge >= 0.3 is 0 Å². The number of amides is 2. The van der Waals surface area contributed by atoms with Crippen LogP contribution in [0, 0.1) is 42.9 Å². The number of hydrogen-bond acceptors (Lipinski definition) is 4. The predicted molar refractivity (Wildman–Crippen MR) is 173 cm³/mol. The zero-order chi connectivity index (χ0) is 31.6. The van der Waals surface area contributed by atoms with E-state index in [2.05, 4.69) is 10.6 Å². The van der Waals surface area contributed by atoms with Crippen LogP contribution in [0.4, 0.5) is 11.6 Å². The molecule has 0 unspecified atom stereocenters. The number of aromatic nitrogens is 4. The monoisotopic (exact) mass is 608 g/mol. The highest BCUT2D eigenvalue weighted by Crippen LogP contribution is 2.63. The van der Waals surface area contributed by atoms with Gasteiger partial charge in [0.05, 0.1) is 22.5 Å². The van der Waals surface area contributed by atoms with Crippen molar-refractivity contribution in [3.05, 3.63) is 92.5 Å². The zero-order valence-corrected chi connectivity index (χ0v) is 26.2. The Balaban J connectivity index is 1.27. The Morgan fingerprint density at radius 1 is 0.667 bits per heavy atom. The van der Waals surface area contributed by atoms with Crippen LogP contribution in [0.5, 0.6) is 0 Å². The van der Waals surface area contributed by atoms with Gasteiger partial charge in [0.15, 0.2) is 0 Å². The summed E-state index contributed by atoms with van der Waals surface area (Å²) in [6.45, 7) is 3.39. The van der Waals surface area contributed by atoms with Gasteiger partial charge in [0, 0.05) is 14.1 Å². The van der Waals surface area contributed by atoms with E-state index < -0.39 is 23.1 Å². The summed E-state index contributed by atoms with van der Waals surface area (Å²) in [5.74, 6) is 0.451. The fraction of sp³-hybridized carbons (Fsp3) is 0.429. The maximum Gasteiger partial charge on any atom is 0.276 e. The molecule has 234 valence electrons. The van der Waals surface area contributed by atoms with Crippen molar-refractivity contribution in [1.82, 2.24) is 18.7 Å². The van der Waals surface area contributed by atoms with E-state index in [0.717, 1.165) is 38.5 Å². The third-order valence-electron chi connectivity index (χ3n) is 10.7. The molecule has 4 aliphatic carbocycles. The molecule has 10 nitrogen and oxygen atoms in total. The van der Waals surface area contributed by atoms with Gasteiger partial charge in [-0.25, -0.2) is 9.36 Å². The third-order valence-corrected chi connectivity index (χ3v) is 10.7. The van der Waals surface area contributed by atoms with Crippen LogP contribution < -0.4 is 21.8 Å². The molecule has 0 spiro atoms. The van der Waals surface area contributed by atoms with E-state index in [4.69, 9.17) is 0 Å². The number of rotatable bonds is 7. The normalized spacial score (nSPS) is 23.4. The third kappa shape index (κ3) is 4.69. The SMILES string of the molecule is Cc1c(NC(=O)C(C(=O)Nc2c(C)c(=O)n(-c3ccccc3)n2C)C23CC4CC(CC(C4)C2)C3)n(C)n(-c2ccccc2)c1=O. The van der Waals surface area contributed by atoms with Gasteiger partial charge in [0.25, 0.3) is 11.1 Å². The molecule has 45 heavy (non-hydrogen) atoms. The number of nitrogens with zero attached hydrogens (tertiary/aromatic N) is 4. The summed E-state index contributed by atoms with van der Waals surface area (Å²) in [4.78, 5) is 55.8. The Morgan fingerprint density at radius 3 is 1.38 bits per heavy atom. The Hall–Kier alpha value is -4.60. The lowest BCUT2D eigenvalue weighted by Gasteiger charge is -2.58. The number of para-hydroxylation sites is 2. The van der Waals surface area contributed by atoms with Gasteiger partial charge < -0.3 is 10.6 Å². The van der Waals surface area contributed by atoms with E-state index in [1.807, 2.05) is 60.7 Å². The quantitative estimate of drug-likeness (QED) is 0.297. The summed E-state index contributed by atoms with van der Waals surface area (Å²) < 4.78 is 6.34. The molecule has 0 saturated heterocycles. The molecular formula is C35H40N6O4. The number of carbonyl (C=O) groups is 2. The average molecular weight is 609 g/mol. The average Bonchev–Trinajstić information content (AvgIpc) is 3.35. The summed E-state index contributed by atoms with van der Waals surface area (Å²) in [7, 11) is 3.48. The van der Waals surface area contributed by atoms with E-state index in [0.29, 0.717) is 51.9 Å². The van der Waals surface area contributed by atoms with Crippen molar-refractivity contribution in [3.8, 4) is 11.4 Å². The van der Waals surface area contributed by atoms with E-state index >= 15 is 0 Å². The van der Waals surface area contributed by atoms with Crippen LogP contribution in [-0.2, 0) is 23.7 Å². The second-order valence-electron chi connectivity index (χ2n) is 13.6. The summed E-state index contributed by atoms with van der Waals surface area (Å²) >= 11 is 0. The maximum atomic E-state index is 14.5. The standard InChI is InChI=1S/C35H40N6O4/c1-21-29(38(3)40(33(21)44)26-11-7-5-8-12-26)36-31(42)28(35-18-23-15-24(19-35)17-25(16-23)20-35)32(43)37-30-22(2)34(45)41(39(30)4)27-13-9-6-10-14-27/h5-14,23-25,28H,15-20H2,1-4H3,(H,36,42)(H,37,43). The van der Waals surface area contributed by atoms with Crippen LogP contribution in [0.15, 0.2) is 70.3 Å². The topological polar surface area (TPSA) is 112 Å². The summed E-state index contributed by atoms with van der Waals surface area (Å²) in [6.07, 6.45) is 5.98. The van der Waals surface area contributed by atoms with Crippen LogP contribution >= 0.6 is 0 Å². The molecule has 4 bridgehead atoms. The van der Waals surface area contributed by atoms with Crippen LogP contribution in [0.2, 0.25) is 0 Å². The van der Waals surface area contributed by atoms with Crippen LogP contribution in [0.1, 0.15) is 49.7 Å². The maximum absolute atomic E-state index is 14.5. The fourth-order valence-electron chi connectivity index (χ4n) is 9.13. The molecule has 0 radical (unpaired) electrons. The van der Waals surface area contributed by atoms with Crippen molar-refractivity contribution < 1.29 is 9.59 Å². The molecule has 2 aromatic carbocycles. The lowest BCUT2D eigenvalue weighted by Crippen LogP contribution is -2.55. The van der Waals surface area contributed by atoms with Gasteiger partial charge in [-0.05, 0) is 99.8 Å². The first kappa shape index (κ1) is 29.1. The highest BCUT2D eigenvalue weighted by Gasteiger charge is 2.58. The lowest BCUT2D eigenvalue weighted by atomic mass is 9.46. The molecule has 4 fully saturated rings. The van der Waals surface area contributed by atoms with Gasteiger partial charge in [-0.15, -0.1) is 0 Å². The fourth-order valence-corrected chi connectivity index (χ4v) is 9.13. The van der Waals surface area contributed by atoms with E-state index in [1.54, 1.807) is 37.3 Å². The van der Waals surface area contributed by atoms with Crippen molar-refractivity contribution in [1.29, 1.82) is 0 Å². The van der Waals surface area contributed by atoms with Crippen molar-refractivity contribution in [3.63, 3.8) is 0 Å². The minimum Gasteiger partial charge on any atom is -0.310 e. The number of nitrogens with one attached hydrogen (secondary N) is 2.